The second kappa shape index (κ2) is 6.64. The first-order valence-corrected chi connectivity index (χ1v) is 7.90. The second-order valence-electron chi connectivity index (χ2n) is 4.30. The first kappa shape index (κ1) is 14.0. The van der Waals surface area contributed by atoms with Crippen LogP contribution in [0.1, 0.15) is 11.1 Å². The van der Waals surface area contributed by atoms with Crippen LogP contribution in [0.5, 0.6) is 0 Å². The van der Waals surface area contributed by atoms with Gasteiger partial charge in [0.15, 0.2) is 0 Å². The summed E-state index contributed by atoms with van der Waals surface area (Å²) in [7, 11) is -3.02. The Morgan fingerprint density at radius 1 is 0.789 bits per heavy atom. The molecule has 4 nitrogen and oxygen atoms in total. The summed E-state index contributed by atoms with van der Waals surface area (Å²) < 4.78 is 12.1. The van der Waals surface area contributed by atoms with Crippen molar-refractivity contribution >= 4 is 7.59 Å². The van der Waals surface area contributed by atoms with Gasteiger partial charge in [0, 0.05) is 13.1 Å². The standard InChI is InChI=1S/C14H18N3OP/c15-19(18,16-11-13-7-3-1-4-8-13)17-12-14-9-5-2-6-10-14/h1-10H,11-12H2,(H4,15,16,17,18). The Balaban J connectivity index is 1.84. The Labute approximate surface area is 113 Å². The van der Waals surface area contributed by atoms with Crippen LogP contribution in [0.4, 0.5) is 0 Å². The average Bonchev–Trinajstić information content (AvgIpc) is 2.46. The third-order valence-corrected chi connectivity index (χ3v) is 3.98. The Morgan fingerprint density at radius 3 is 1.53 bits per heavy atom. The Hall–Kier alpha value is -1.45. The molecule has 0 saturated heterocycles. The first-order chi connectivity index (χ1) is 9.16. The zero-order chi connectivity index (χ0) is 13.6. The van der Waals surface area contributed by atoms with Crippen LogP contribution in [0, 0.1) is 0 Å². The molecular weight excluding hydrogens is 257 g/mol. The number of rotatable bonds is 6. The van der Waals surface area contributed by atoms with E-state index in [4.69, 9.17) is 5.50 Å². The van der Waals surface area contributed by atoms with Gasteiger partial charge >= 0.3 is 0 Å². The highest BCUT2D eigenvalue weighted by Gasteiger charge is 2.13. The molecule has 0 aliphatic heterocycles. The van der Waals surface area contributed by atoms with Gasteiger partial charge in [-0.2, -0.15) is 0 Å². The average molecular weight is 275 g/mol. The number of hydrogen-bond acceptors (Lipinski definition) is 1. The SMILES string of the molecule is NP(=O)(NCc1ccccc1)NCc1ccccc1. The van der Waals surface area contributed by atoms with Crippen molar-refractivity contribution in [1.82, 2.24) is 10.2 Å². The van der Waals surface area contributed by atoms with Crippen molar-refractivity contribution in [3.63, 3.8) is 0 Å². The number of nitrogens with one attached hydrogen (secondary N) is 2. The van der Waals surface area contributed by atoms with Crippen LogP contribution < -0.4 is 15.7 Å². The Morgan fingerprint density at radius 2 is 1.16 bits per heavy atom. The Bertz CT molecular complexity index is 498. The molecule has 0 radical (unpaired) electrons. The minimum Gasteiger partial charge on any atom is -0.271 e. The van der Waals surface area contributed by atoms with Crippen LogP contribution in [-0.4, -0.2) is 0 Å². The van der Waals surface area contributed by atoms with E-state index >= 15 is 0 Å². The van der Waals surface area contributed by atoms with Gasteiger partial charge in [-0.25, -0.2) is 10.2 Å². The molecule has 0 aromatic heterocycles. The zero-order valence-electron chi connectivity index (χ0n) is 10.6. The van der Waals surface area contributed by atoms with Crippen LogP contribution in [0.2, 0.25) is 0 Å². The van der Waals surface area contributed by atoms with Crippen molar-refractivity contribution in [2.24, 2.45) is 5.50 Å². The van der Waals surface area contributed by atoms with Gasteiger partial charge in [0.1, 0.15) is 0 Å². The molecule has 0 fully saturated rings. The molecule has 0 spiro atoms. The van der Waals surface area contributed by atoms with E-state index in [1.54, 1.807) is 0 Å². The summed E-state index contributed by atoms with van der Waals surface area (Å²) in [5.74, 6) is 0. The molecule has 0 unspecified atom stereocenters. The fraction of sp³-hybridized carbons (Fsp3) is 0.143. The topological polar surface area (TPSA) is 67.2 Å². The minimum atomic E-state index is -3.02. The fourth-order valence-electron chi connectivity index (χ4n) is 1.67. The van der Waals surface area contributed by atoms with Crippen molar-refractivity contribution in [1.29, 1.82) is 0 Å². The Kier molecular flexibility index (Phi) is 4.88. The summed E-state index contributed by atoms with van der Waals surface area (Å²) >= 11 is 0. The van der Waals surface area contributed by atoms with Crippen molar-refractivity contribution < 1.29 is 4.57 Å². The molecule has 2 aromatic carbocycles. The third-order valence-electron chi connectivity index (χ3n) is 2.72. The van der Waals surface area contributed by atoms with E-state index in [2.05, 4.69) is 10.2 Å². The molecule has 100 valence electrons. The molecule has 0 heterocycles. The maximum absolute atomic E-state index is 12.1. The molecule has 2 aromatic rings. The van der Waals surface area contributed by atoms with E-state index in [0.717, 1.165) is 11.1 Å². The molecular formula is C14H18N3OP. The van der Waals surface area contributed by atoms with Crippen LogP contribution in [0.15, 0.2) is 60.7 Å². The van der Waals surface area contributed by atoms with Crippen LogP contribution in [0.3, 0.4) is 0 Å². The molecule has 0 amide bonds. The predicted octanol–water partition coefficient (Wildman–Crippen LogP) is 2.63. The molecule has 0 saturated carbocycles. The quantitative estimate of drug-likeness (QED) is 0.709. The monoisotopic (exact) mass is 275 g/mol. The van der Waals surface area contributed by atoms with Gasteiger partial charge in [0.2, 0.25) is 0 Å². The highest BCUT2D eigenvalue weighted by molar-refractivity contribution is 7.57. The normalized spacial score (nSPS) is 11.4. The third kappa shape index (κ3) is 4.97. The number of nitrogens with two attached hydrogens (primary N) is 1. The fourth-order valence-corrected chi connectivity index (χ4v) is 2.61. The zero-order valence-corrected chi connectivity index (χ0v) is 11.5. The van der Waals surface area contributed by atoms with Crippen molar-refractivity contribution in [3.05, 3.63) is 71.8 Å². The first-order valence-electron chi connectivity index (χ1n) is 6.12. The lowest BCUT2D eigenvalue weighted by Crippen LogP contribution is -2.27. The summed E-state index contributed by atoms with van der Waals surface area (Å²) in [6, 6.07) is 19.5. The van der Waals surface area contributed by atoms with Gasteiger partial charge in [-0.3, -0.25) is 10.1 Å². The van der Waals surface area contributed by atoms with Gasteiger partial charge in [-0.05, 0) is 11.1 Å². The van der Waals surface area contributed by atoms with E-state index in [-0.39, 0.29) is 0 Å². The molecule has 0 bridgehead atoms. The molecule has 2 rings (SSSR count). The predicted molar refractivity (Wildman–Crippen MR) is 78.4 cm³/mol. The minimum absolute atomic E-state index is 0.483. The van der Waals surface area contributed by atoms with Crippen LogP contribution in [-0.2, 0) is 17.7 Å². The molecule has 0 aliphatic rings. The van der Waals surface area contributed by atoms with Crippen molar-refractivity contribution in [2.45, 2.75) is 13.1 Å². The number of benzene rings is 2. The largest absolute Gasteiger partial charge is 0.277 e. The van der Waals surface area contributed by atoms with Crippen LogP contribution in [0.25, 0.3) is 0 Å². The maximum Gasteiger partial charge on any atom is 0.277 e. The molecule has 19 heavy (non-hydrogen) atoms. The lowest BCUT2D eigenvalue weighted by Gasteiger charge is -2.16. The van der Waals surface area contributed by atoms with E-state index < -0.39 is 7.59 Å². The van der Waals surface area contributed by atoms with E-state index in [9.17, 15) is 4.57 Å². The second-order valence-corrected chi connectivity index (χ2v) is 6.25. The summed E-state index contributed by atoms with van der Waals surface area (Å²) in [5, 5.41) is 5.74. The smallest absolute Gasteiger partial charge is 0.271 e. The lowest BCUT2D eigenvalue weighted by atomic mass is 10.2. The molecule has 5 heteroatoms. The van der Waals surface area contributed by atoms with Gasteiger partial charge < -0.3 is 0 Å². The molecule has 0 aliphatic carbocycles. The van der Waals surface area contributed by atoms with Crippen LogP contribution >= 0.6 is 7.59 Å². The molecule has 4 N–H and O–H groups in total. The lowest BCUT2D eigenvalue weighted by molar-refractivity contribution is 0.552. The van der Waals surface area contributed by atoms with Crippen molar-refractivity contribution in [3.8, 4) is 0 Å². The van der Waals surface area contributed by atoms with Crippen molar-refractivity contribution in [2.75, 3.05) is 0 Å². The maximum atomic E-state index is 12.1. The van der Waals surface area contributed by atoms with E-state index in [1.807, 2.05) is 60.7 Å². The summed E-state index contributed by atoms with van der Waals surface area (Å²) in [4.78, 5) is 0. The van der Waals surface area contributed by atoms with Gasteiger partial charge in [0.25, 0.3) is 7.59 Å². The summed E-state index contributed by atoms with van der Waals surface area (Å²) in [6.07, 6.45) is 0. The highest BCUT2D eigenvalue weighted by Crippen LogP contribution is 2.25. The van der Waals surface area contributed by atoms with Gasteiger partial charge in [-0.15, -0.1) is 0 Å². The summed E-state index contributed by atoms with van der Waals surface area (Å²) in [5.41, 5.74) is 7.85. The highest BCUT2D eigenvalue weighted by atomic mass is 31.2. The van der Waals surface area contributed by atoms with Gasteiger partial charge in [0.05, 0.1) is 0 Å². The van der Waals surface area contributed by atoms with E-state index in [1.165, 1.54) is 0 Å². The van der Waals surface area contributed by atoms with Gasteiger partial charge in [-0.1, -0.05) is 60.7 Å². The number of hydrogen-bond donors (Lipinski definition) is 3. The summed E-state index contributed by atoms with van der Waals surface area (Å²) in [6.45, 7) is 0.965. The molecule has 0 atom stereocenters. The van der Waals surface area contributed by atoms with E-state index in [0.29, 0.717) is 13.1 Å².